The minimum absolute atomic E-state index is 0.225. The minimum Gasteiger partial charge on any atom is -0.380 e. The standard InChI is InChI=1S/C14H19Cl2NO/c1-3-4-8-18-9-7-17-11(2)12-5-6-13(15)14(16)10-12/h3,5-6,10-11,17H,1,4,7-9H2,2H3. The number of nitrogens with one attached hydrogen (secondary N) is 1. The van der Waals surface area contributed by atoms with Gasteiger partial charge in [-0.1, -0.05) is 35.3 Å². The molecule has 0 amide bonds. The van der Waals surface area contributed by atoms with Crippen molar-refractivity contribution < 1.29 is 4.74 Å². The molecule has 0 aromatic heterocycles. The van der Waals surface area contributed by atoms with Gasteiger partial charge in [0.1, 0.15) is 0 Å². The molecule has 0 spiro atoms. The molecule has 0 aliphatic heterocycles. The van der Waals surface area contributed by atoms with E-state index in [0.29, 0.717) is 16.7 Å². The molecule has 1 rings (SSSR count). The number of hydrogen-bond donors (Lipinski definition) is 1. The quantitative estimate of drug-likeness (QED) is 0.570. The Morgan fingerprint density at radius 2 is 2.11 bits per heavy atom. The van der Waals surface area contributed by atoms with Gasteiger partial charge >= 0.3 is 0 Å². The third kappa shape index (κ3) is 5.40. The molecule has 0 heterocycles. The fourth-order valence-corrected chi connectivity index (χ4v) is 1.82. The van der Waals surface area contributed by atoms with Gasteiger partial charge in [-0.3, -0.25) is 0 Å². The molecule has 0 saturated heterocycles. The van der Waals surface area contributed by atoms with Crippen LogP contribution < -0.4 is 5.32 Å². The van der Waals surface area contributed by atoms with Crippen molar-refractivity contribution in [3.8, 4) is 0 Å². The fourth-order valence-electron chi connectivity index (χ4n) is 1.52. The highest BCUT2D eigenvalue weighted by Crippen LogP contribution is 2.25. The summed E-state index contributed by atoms with van der Waals surface area (Å²) in [7, 11) is 0. The van der Waals surface area contributed by atoms with E-state index in [-0.39, 0.29) is 6.04 Å². The van der Waals surface area contributed by atoms with Gasteiger partial charge in [0.05, 0.1) is 23.3 Å². The van der Waals surface area contributed by atoms with Gasteiger partial charge in [-0.2, -0.15) is 0 Å². The summed E-state index contributed by atoms with van der Waals surface area (Å²) in [6, 6.07) is 5.91. The van der Waals surface area contributed by atoms with Crippen molar-refractivity contribution >= 4 is 23.2 Å². The lowest BCUT2D eigenvalue weighted by molar-refractivity contribution is 0.138. The van der Waals surface area contributed by atoms with E-state index in [1.807, 2.05) is 24.3 Å². The van der Waals surface area contributed by atoms with Crippen LogP contribution in [0.25, 0.3) is 0 Å². The smallest absolute Gasteiger partial charge is 0.0595 e. The number of ether oxygens (including phenoxy) is 1. The summed E-state index contributed by atoms with van der Waals surface area (Å²) in [6.45, 7) is 7.96. The third-order valence-corrected chi connectivity index (χ3v) is 3.35. The first-order valence-corrected chi connectivity index (χ1v) is 6.77. The van der Waals surface area contributed by atoms with Crippen LogP contribution in [0.2, 0.25) is 10.0 Å². The highest BCUT2D eigenvalue weighted by molar-refractivity contribution is 6.42. The summed E-state index contributed by atoms with van der Waals surface area (Å²) < 4.78 is 5.42. The second-order valence-corrected chi connectivity index (χ2v) is 4.85. The number of benzene rings is 1. The second-order valence-electron chi connectivity index (χ2n) is 4.04. The summed E-state index contributed by atoms with van der Waals surface area (Å²) in [4.78, 5) is 0. The molecule has 0 bridgehead atoms. The van der Waals surface area contributed by atoms with E-state index in [1.165, 1.54) is 0 Å². The van der Waals surface area contributed by atoms with E-state index in [4.69, 9.17) is 27.9 Å². The number of halogens is 2. The SMILES string of the molecule is C=CCCOCCNC(C)c1ccc(Cl)c(Cl)c1. The van der Waals surface area contributed by atoms with Crippen molar-refractivity contribution in [2.24, 2.45) is 0 Å². The first kappa shape index (κ1) is 15.5. The molecule has 100 valence electrons. The van der Waals surface area contributed by atoms with Crippen LogP contribution in [0.1, 0.15) is 24.9 Å². The van der Waals surface area contributed by atoms with Crippen LogP contribution >= 0.6 is 23.2 Å². The monoisotopic (exact) mass is 287 g/mol. The maximum absolute atomic E-state index is 5.98. The van der Waals surface area contributed by atoms with Gasteiger partial charge in [0.15, 0.2) is 0 Å². The molecule has 0 aliphatic rings. The van der Waals surface area contributed by atoms with Crippen LogP contribution in [0.5, 0.6) is 0 Å². The van der Waals surface area contributed by atoms with Gasteiger partial charge in [-0.25, -0.2) is 0 Å². The van der Waals surface area contributed by atoms with Crippen molar-refractivity contribution in [2.45, 2.75) is 19.4 Å². The second kappa shape index (κ2) is 8.54. The fraction of sp³-hybridized carbons (Fsp3) is 0.429. The van der Waals surface area contributed by atoms with Crippen LogP contribution in [0, 0.1) is 0 Å². The van der Waals surface area contributed by atoms with Crippen LogP contribution in [-0.4, -0.2) is 19.8 Å². The average Bonchev–Trinajstić information content (AvgIpc) is 2.36. The molecular formula is C14H19Cl2NO. The van der Waals surface area contributed by atoms with Crippen LogP contribution in [-0.2, 0) is 4.74 Å². The molecule has 0 radical (unpaired) electrons. The lowest BCUT2D eigenvalue weighted by Crippen LogP contribution is -2.23. The topological polar surface area (TPSA) is 21.3 Å². The van der Waals surface area contributed by atoms with Crippen molar-refractivity contribution in [2.75, 3.05) is 19.8 Å². The number of hydrogen-bond acceptors (Lipinski definition) is 2. The van der Waals surface area contributed by atoms with Gasteiger partial charge in [0.2, 0.25) is 0 Å². The van der Waals surface area contributed by atoms with E-state index >= 15 is 0 Å². The molecule has 18 heavy (non-hydrogen) atoms. The Morgan fingerprint density at radius 1 is 1.33 bits per heavy atom. The zero-order valence-electron chi connectivity index (χ0n) is 10.6. The highest BCUT2D eigenvalue weighted by atomic mass is 35.5. The van der Waals surface area contributed by atoms with E-state index in [9.17, 15) is 0 Å². The highest BCUT2D eigenvalue weighted by Gasteiger charge is 2.06. The zero-order valence-corrected chi connectivity index (χ0v) is 12.1. The molecule has 1 aromatic rings. The van der Waals surface area contributed by atoms with Crippen molar-refractivity contribution in [3.63, 3.8) is 0 Å². The number of rotatable bonds is 8. The zero-order chi connectivity index (χ0) is 13.4. The average molecular weight is 288 g/mol. The summed E-state index contributed by atoms with van der Waals surface area (Å²) >= 11 is 11.9. The van der Waals surface area contributed by atoms with Gasteiger partial charge in [0, 0.05) is 12.6 Å². The van der Waals surface area contributed by atoms with Gasteiger partial charge in [0.25, 0.3) is 0 Å². The Balaban J connectivity index is 2.29. The molecular weight excluding hydrogens is 269 g/mol. The first-order valence-electron chi connectivity index (χ1n) is 6.02. The predicted molar refractivity (Wildman–Crippen MR) is 78.5 cm³/mol. The lowest BCUT2D eigenvalue weighted by Gasteiger charge is -2.15. The van der Waals surface area contributed by atoms with Gasteiger partial charge in [-0.15, -0.1) is 6.58 Å². The van der Waals surface area contributed by atoms with E-state index < -0.39 is 0 Å². The maximum atomic E-state index is 5.98. The van der Waals surface area contributed by atoms with E-state index in [2.05, 4.69) is 18.8 Å². The molecule has 2 nitrogen and oxygen atoms in total. The Bertz CT molecular complexity index is 382. The Kier molecular flexibility index (Phi) is 7.36. The Morgan fingerprint density at radius 3 is 2.78 bits per heavy atom. The van der Waals surface area contributed by atoms with Crippen LogP contribution in [0.15, 0.2) is 30.9 Å². The largest absolute Gasteiger partial charge is 0.380 e. The minimum atomic E-state index is 0.225. The van der Waals surface area contributed by atoms with E-state index in [1.54, 1.807) is 0 Å². The summed E-state index contributed by atoms with van der Waals surface area (Å²) in [5.74, 6) is 0. The van der Waals surface area contributed by atoms with Crippen LogP contribution in [0.3, 0.4) is 0 Å². The molecule has 0 fully saturated rings. The third-order valence-electron chi connectivity index (χ3n) is 2.61. The summed E-state index contributed by atoms with van der Waals surface area (Å²) in [6.07, 6.45) is 2.74. The molecule has 0 saturated carbocycles. The molecule has 1 atom stereocenters. The summed E-state index contributed by atoms with van der Waals surface area (Å²) in [5, 5.41) is 4.54. The van der Waals surface area contributed by atoms with Crippen molar-refractivity contribution in [1.82, 2.24) is 5.32 Å². The van der Waals surface area contributed by atoms with Gasteiger partial charge in [-0.05, 0) is 31.0 Å². The molecule has 1 aromatic carbocycles. The van der Waals surface area contributed by atoms with Crippen LogP contribution in [0.4, 0.5) is 0 Å². The normalized spacial score (nSPS) is 12.4. The first-order chi connectivity index (χ1) is 8.65. The predicted octanol–water partition coefficient (Wildman–Crippen LogP) is 4.24. The molecule has 1 N–H and O–H groups in total. The van der Waals surface area contributed by atoms with Crippen molar-refractivity contribution in [1.29, 1.82) is 0 Å². The molecule has 1 unspecified atom stereocenters. The lowest BCUT2D eigenvalue weighted by atomic mass is 10.1. The maximum Gasteiger partial charge on any atom is 0.0595 e. The Labute approximate surface area is 119 Å². The molecule has 0 aliphatic carbocycles. The van der Waals surface area contributed by atoms with E-state index in [0.717, 1.165) is 25.1 Å². The molecule has 4 heteroatoms. The van der Waals surface area contributed by atoms with Crippen molar-refractivity contribution in [3.05, 3.63) is 46.5 Å². The Hall–Kier alpha value is -0.540. The summed E-state index contributed by atoms with van der Waals surface area (Å²) in [5.41, 5.74) is 1.12. The van der Waals surface area contributed by atoms with Gasteiger partial charge < -0.3 is 10.1 Å².